The molecule has 0 N–H and O–H groups in total. The van der Waals surface area contributed by atoms with Gasteiger partial charge in [0.2, 0.25) is 11.8 Å². The minimum absolute atomic E-state index is 0.00728. The van der Waals surface area contributed by atoms with E-state index in [0.717, 1.165) is 31.2 Å². The molecule has 158 valence electrons. The number of rotatable bonds is 8. The third-order valence-electron chi connectivity index (χ3n) is 5.92. The Hall–Kier alpha value is -2.37. The Bertz CT molecular complexity index is 717. The SMILES string of the molecule is CCOC(=O)C1CCCN(C(=O)CCN(C(=O)C2CC2)C(C)c2ccccc2)C1. The van der Waals surface area contributed by atoms with E-state index < -0.39 is 0 Å². The molecular formula is C23H32N2O4. The molecule has 29 heavy (non-hydrogen) atoms. The Balaban J connectivity index is 1.60. The summed E-state index contributed by atoms with van der Waals surface area (Å²) in [4.78, 5) is 41.4. The van der Waals surface area contributed by atoms with Crippen molar-refractivity contribution in [2.75, 3.05) is 26.2 Å². The number of amides is 2. The van der Waals surface area contributed by atoms with E-state index in [-0.39, 0.29) is 42.1 Å². The lowest BCUT2D eigenvalue weighted by Gasteiger charge is -2.33. The maximum absolute atomic E-state index is 12.9. The first-order chi connectivity index (χ1) is 14.0. The van der Waals surface area contributed by atoms with Gasteiger partial charge in [-0.05, 0) is 45.1 Å². The second-order valence-corrected chi connectivity index (χ2v) is 8.07. The van der Waals surface area contributed by atoms with Crippen molar-refractivity contribution in [1.82, 2.24) is 9.80 Å². The summed E-state index contributed by atoms with van der Waals surface area (Å²) >= 11 is 0. The van der Waals surface area contributed by atoms with Gasteiger partial charge in [0.15, 0.2) is 0 Å². The lowest BCUT2D eigenvalue weighted by atomic mass is 9.98. The van der Waals surface area contributed by atoms with Crippen LogP contribution in [-0.4, -0.2) is 53.8 Å². The number of ether oxygens (including phenoxy) is 1. The molecule has 1 aromatic carbocycles. The lowest BCUT2D eigenvalue weighted by molar-refractivity contribution is -0.151. The van der Waals surface area contributed by atoms with E-state index in [2.05, 4.69) is 0 Å². The topological polar surface area (TPSA) is 66.9 Å². The number of piperidine rings is 1. The Morgan fingerprint density at radius 2 is 1.86 bits per heavy atom. The highest BCUT2D eigenvalue weighted by Gasteiger charge is 2.36. The van der Waals surface area contributed by atoms with Crippen molar-refractivity contribution in [3.8, 4) is 0 Å². The molecule has 3 rings (SSSR count). The van der Waals surface area contributed by atoms with Gasteiger partial charge in [0.1, 0.15) is 0 Å². The Morgan fingerprint density at radius 1 is 1.14 bits per heavy atom. The molecule has 1 saturated heterocycles. The minimum atomic E-state index is -0.236. The van der Waals surface area contributed by atoms with E-state index in [1.807, 2.05) is 42.2 Å². The van der Waals surface area contributed by atoms with Crippen LogP contribution in [0.1, 0.15) is 57.6 Å². The first-order valence-corrected chi connectivity index (χ1v) is 10.8. The van der Waals surface area contributed by atoms with Crippen LogP contribution >= 0.6 is 0 Å². The number of likely N-dealkylation sites (tertiary alicyclic amines) is 1. The number of nitrogens with zero attached hydrogens (tertiary/aromatic N) is 2. The van der Waals surface area contributed by atoms with E-state index in [9.17, 15) is 14.4 Å². The molecule has 0 aromatic heterocycles. The summed E-state index contributed by atoms with van der Waals surface area (Å²) in [6.07, 6.45) is 3.74. The molecule has 2 aliphatic rings. The summed E-state index contributed by atoms with van der Waals surface area (Å²) in [5.41, 5.74) is 1.08. The molecule has 2 amide bonds. The number of hydrogen-bond acceptors (Lipinski definition) is 4. The Labute approximate surface area is 173 Å². The van der Waals surface area contributed by atoms with Gasteiger partial charge >= 0.3 is 5.97 Å². The van der Waals surface area contributed by atoms with Crippen molar-refractivity contribution < 1.29 is 19.1 Å². The summed E-state index contributed by atoms with van der Waals surface area (Å²) in [6, 6.07) is 9.89. The van der Waals surface area contributed by atoms with Crippen LogP contribution in [0.3, 0.4) is 0 Å². The second-order valence-electron chi connectivity index (χ2n) is 8.07. The van der Waals surface area contributed by atoms with Gasteiger partial charge < -0.3 is 14.5 Å². The average molecular weight is 401 g/mol. The molecule has 2 unspecified atom stereocenters. The maximum atomic E-state index is 12.9. The summed E-state index contributed by atoms with van der Waals surface area (Å²) in [5, 5.41) is 0. The van der Waals surface area contributed by atoms with Crippen LogP contribution in [-0.2, 0) is 19.1 Å². The lowest BCUT2D eigenvalue weighted by Crippen LogP contribution is -2.44. The van der Waals surface area contributed by atoms with Crippen LogP contribution in [0.2, 0.25) is 0 Å². The van der Waals surface area contributed by atoms with E-state index >= 15 is 0 Å². The monoisotopic (exact) mass is 400 g/mol. The fourth-order valence-electron chi connectivity index (χ4n) is 4.00. The molecule has 6 nitrogen and oxygen atoms in total. The van der Waals surface area contributed by atoms with Gasteiger partial charge in [-0.2, -0.15) is 0 Å². The van der Waals surface area contributed by atoms with E-state index in [1.54, 1.807) is 11.8 Å². The van der Waals surface area contributed by atoms with Crippen molar-refractivity contribution in [2.24, 2.45) is 11.8 Å². The number of hydrogen-bond donors (Lipinski definition) is 0. The smallest absolute Gasteiger partial charge is 0.310 e. The molecule has 1 aliphatic heterocycles. The highest BCUT2D eigenvalue weighted by molar-refractivity contribution is 5.83. The molecule has 1 saturated carbocycles. The van der Waals surface area contributed by atoms with Gasteiger partial charge in [0.05, 0.1) is 18.6 Å². The van der Waals surface area contributed by atoms with Crippen molar-refractivity contribution in [1.29, 1.82) is 0 Å². The minimum Gasteiger partial charge on any atom is -0.466 e. The van der Waals surface area contributed by atoms with E-state index in [1.165, 1.54) is 0 Å². The molecule has 2 fully saturated rings. The van der Waals surface area contributed by atoms with Crippen molar-refractivity contribution in [2.45, 2.75) is 52.0 Å². The third kappa shape index (κ3) is 5.58. The average Bonchev–Trinajstić information content (AvgIpc) is 3.59. The zero-order valence-electron chi connectivity index (χ0n) is 17.5. The molecule has 0 bridgehead atoms. The molecule has 0 radical (unpaired) electrons. The van der Waals surface area contributed by atoms with Crippen molar-refractivity contribution in [3.63, 3.8) is 0 Å². The van der Waals surface area contributed by atoms with Gasteiger partial charge in [0, 0.05) is 32.0 Å². The van der Waals surface area contributed by atoms with Crippen LogP contribution in [0.25, 0.3) is 0 Å². The first-order valence-electron chi connectivity index (χ1n) is 10.8. The zero-order chi connectivity index (χ0) is 20.8. The molecular weight excluding hydrogens is 368 g/mol. The molecule has 2 atom stereocenters. The Morgan fingerprint density at radius 3 is 2.52 bits per heavy atom. The second kappa shape index (κ2) is 9.90. The Kier molecular flexibility index (Phi) is 7.29. The number of benzene rings is 1. The van der Waals surface area contributed by atoms with Crippen molar-refractivity contribution in [3.05, 3.63) is 35.9 Å². The third-order valence-corrected chi connectivity index (χ3v) is 5.92. The summed E-state index contributed by atoms with van der Waals surface area (Å²) in [5.74, 6) is -0.183. The fraction of sp³-hybridized carbons (Fsp3) is 0.609. The van der Waals surface area contributed by atoms with Crippen LogP contribution in [0.5, 0.6) is 0 Å². The molecule has 1 aromatic rings. The van der Waals surface area contributed by atoms with Crippen LogP contribution in [0.4, 0.5) is 0 Å². The van der Waals surface area contributed by atoms with E-state index in [4.69, 9.17) is 4.74 Å². The van der Waals surface area contributed by atoms with Crippen molar-refractivity contribution >= 4 is 17.8 Å². The molecule has 1 aliphatic carbocycles. The largest absolute Gasteiger partial charge is 0.466 e. The van der Waals surface area contributed by atoms with Crippen LogP contribution in [0.15, 0.2) is 30.3 Å². The molecule has 6 heteroatoms. The fourth-order valence-corrected chi connectivity index (χ4v) is 4.00. The number of carbonyl (C=O) groups is 3. The van der Waals surface area contributed by atoms with Gasteiger partial charge in [0.25, 0.3) is 0 Å². The zero-order valence-corrected chi connectivity index (χ0v) is 17.5. The summed E-state index contributed by atoms with van der Waals surface area (Å²) in [7, 11) is 0. The highest BCUT2D eigenvalue weighted by atomic mass is 16.5. The first kappa shape index (κ1) is 21.3. The highest BCUT2D eigenvalue weighted by Crippen LogP contribution is 2.34. The standard InChI is InChI=1S/C23H32N2O4/c1-3-29-23(28)20-10-7-14-24(16-20)21(26)13-15-25(22(27)19-11-12-19)17(2)18-8-5-4-6-9-18/h4-6,8-9,17,19-20H,3,7,10-16H2,1-2H3. The normalized spacial score (nSPS) is 20.1. The number of esters is 1. The summed E-state index contributed by atoms with van der Waals surface area (Å²) in [6.45, 7) is 5.67. The number of carbonyl (C=O) groups excluding carboxylic acids is 3. The van der Waals surface area contributed by atoms with Gasteiger partial charge in [-0.15, -0.1) is 0 Å². The van der Waals surface area contributed by atoms with Crippen LogP contribution < -0.4 is 0 Å². The maximum Gasteiger partial charge on any atom is 0.310 e. The van der Waals surface area contributed by atoms with Gasteiger partial charge in [-0.1, -0.05) is 30.3 Å². The van der Waals surface area contributed by atoms with Crippen LogP contribution in [0, 0.1) is 11.8 Å². The predicted molar refractivity (Wildman–Crippen MR) is 110 cm³/mol. The van der Waals surface area contributed by atoms with Gasteiger partial charge in [-0.25, -0.2) is 0 Å². The quantitative estimate of drug-likeness (QED) is 0.629. The predicted octanol–water partition coefficient (Wildman–Crippen LogP) is 3.18. The van der Waals surface area contributed by atoms with E-state index in [0.29, 0.717) is 26.2 Å². The van der Waals surface area contributed by atoms with Gasteiger partial charge in [-0.3, -0.25) is 14.4 Å². The molecule has 1 heterocycles. The summed E-state index contributed by atoms with van der Waals surface area (Å²) < 4.78 is 5.12. The molecule has 0 spiro atoms.